The van der Waals surface area contributed by atoms with Crippen LogP contribution in [0.3, 0.4) is 0 Å². The second kappa shape index (κ2) is 6.94. The monoisotopic (exact) mass is 340 g/mol. The van der Waals surface area contributed by atoms with Crippen molar-refractivity contribution in [1.29, 1.82) is 0 Å². The van der Waals surface area contributed by atoms with Crippen LogP contribution < -0.4 is 0 Å². The van der Waals surface area contributed by atoms with E-state index in [4.69, 9.17) is 4.42 Å². The largest absolute Gasteiger partial charge is 0.440 e. The number of nitrogens with zero attached hydrogens (tertiary/aromatic N) is 2. The third kappa shape index (κ3) is 3.57. The summed E-state index contributed by atoms with van der Waals surface area (Å²) in [7, 11) is 0. The topological polar surface area (TPSA) is 49.5 Å². The van der Waals surface area contributed by atoms with Gasteiger partial charge in [-0.1, -0.05) is 24.3 Å². The lowest BCUT2D eigenvalue weighted by Gasteiger charge is -2.32. The molecule has 2 heterocycles. The first kappa shape index (κ1) is 16.2. The van der Waals surface area contributed by atoms with Crippen LogP contribution in [0.15, 0.2) is 52.9 Å². The van der Waals surface area contributed by atoms with Gasteiger partial charge in [-0.15, -0.1) is 0 Å². The minimum Gasteiger partial charge on any atom is -0.440 e. The Kier molecular flexibility index (Phi) is 4.51. The molecule has 1 atom stereocenters. The summed E-state index contributed by atoms with van der Waals surface area (Å²) in [6.45, 7) is 2.26. The lowest BCUT2D eigenvalue weighted by molar-refractivity contribution is 0.0948. The second-order valence-corrected chi connectivity index (χ2v) is 6.67. The molecule has 3 aromatic rings. The maximum Gasteiger partial charge on any atom is 0.198 e. The molecule has 0 radical (unpaired) electrons. The van der Waals surface area contributed by atoms with Crippen LogP contribution in [-0.4, -0.2) is 34.6 Å². The number of fused-ring (bicyclic) bond motifs is 1. The normalized spacial score (nSPS) is 17.8. The fourth-order valence-electron chi connectivity index (χ4n) is 3.49. The Balaban J connectivity index is 1.36. The molecule has 0 amide bonds. The number of aliphatic hydroxyl groups is 1. The van der Waals surface area contributed by atoms with Crippen molar-refractivity contribution in [2.24, 2.45) is 0 Å². The molecule has 0 unspecified atom stereocenters. The third-order valence-electron chi connectivity index (χ3n) is 4.91. The van der Waals surface area contributed by atoms with Crippen LogP contribution in [0, 0.1) is 5.82 Å². The number of β-amino-alcohol motifs (C(OH)–C–C–N with tert-alkyl or cyclic N) is 1. The predicted octanol–water partition coefficient (Wildman–Crippen LogP) is 3.88. The molecule has 5 heteroatoms. The van der Waals surface area contributed by atoms with E-state index in [1.165, 1.54) is 12.1 Å². The molecule has 0 spiro atoms. The molecular formula is C20H21FN2O2. The summed E-state index contributed by atoms with van der Waals surface area (Å²) in [5.74, 6) is 0.813. The number of para-hydroxylation sites is 2. The number of hydrogen-bond acceptors (Lipinski definition) is 4. The summed E-state index contributed by atoms with van der Waals surface area (Å²) in [6.07, 6.45) is 1.22. The average Bonchev–Trinajstić information content (AvgIpc) is 3.06. The second-order valence-electron chi connectivity index (χ2n) is 6.67. The van der Waals surface area contributed by atoms with Gasteiger partial charge in [0.15, 0.2) is 11.5 Å². The zero-order chi connectivity index (χ0) is 17.2. The minimum atomic E-state index is -0.670. The van der Waals surface area contributed by atoms with E-state index in [1.807, 2.05) is 24.3 Å². The van der Waals surface area contributed by atoms with Crippen LogP contribution in [0.5, 0.6) is 0 Å². The number of piperidine rings is 1. The number of benzene rings is 2. The van der Waals surface area contributed by atoms with E-state index >= 15 is 0 Å². The van der Waals surface area contributed by atoms with Crippen LogP contribution in [0.25, 0.3) is 11.1 Å². The maximum atomic E-state index is 13.3. The molecular weight excluding hydrogens is 319 g/mol. The Labute approximate surface area is 145 Å². The van der Waals surface area contributed by atoms with Crippen molar-refractivity contribution < 1.29 is 13.9 Å². The Bertz CT molecular complexity index is 823. The summed E-state index contributed by atoms with van der Waals surface area (Å²) in [6, 6.07) is 14.0. The van der Waals surface area contributed by atoms with Crippen molar-refractivity contribution in [3.05, 3.63) is 65.8 Å². The van der Waals surface area contributed by atoms with Crippen LogP contribution >= 0.6 is 0 Å². The maximum absolute atomic E-state index is 13.3. The first-order valence-electron chi connectivity index (χ1n) is 8.70. The van der Waals surface area contributed by atoms with Crippen molar-refractivity contribution >= 4 is 11.1 Å². The highest BCUT2D eigenvalue weighted by atomic mass is 19.1. The molecule has 0 bridgehead atoms. The first-order chi connectivity index (χ1) is 12.2. The number of oxazole rings is 1. The van der Waals surface area contributed by atoms with Gasteiger partial charge in [0.25, 0.3) is 0 Å². The Morgan fingerprint density at radius 3 is 2.72 bits per heavy atom. The molecule has 0 saturated carbocycles. The molecule has 4 nitrogen and oxygen atoms in total. The summed E-state index contributed by atoms with van der Waals surface area (Å²) in [4.78, 5) is 6.82. The number of hydrogen-bond donors (Lipinski definition) is 1. The smallest absolute Gasteiger partial charge is 0.198 e. The van der Waals surface area contributed by atoms with Crippen LogP contribution in [-0.2, 0) is 0 Å². The first-order valence-corrected chi connectivity index (χ1v) is 8.70. The van der Waals surface area contributed by atoms with Crippen molar-refractivity contribution in [3.8, 4) is 0 Å². The van der Waals surface area contributed by atoms with E-state index in [1.54, 1.807) is 12.1 Å². The highest BCUT2D eigenvalue weighted by molar-refractivity contribution is 5.72. The summed E-state index contributed by atoms with van der Waals surface area (Å²) >= 11 is 0. The molecule has 1 fully saturated rings. The van der Waals surface area contributed by atoms with Gasteiger partial charge in [0.2, 0.25) is 0 Å². The van der Waals surface area contributed by atoms with E-state index in [-0.39, 0.29) is 5.82 Å². The summed E-state index contributed by atoms with van der Waals surface area (Å²) in [5.41, 5.74) is 2.36. The van der Waals surface area contributed by atoms with E-state index in [9.17, 15) is 9.50 Å². The molecule has 1 aromatic heterocycles. The number of aliphatic hydroxyl groups excluding tert-OH is 1. The van der Waals surface area contributed by atoms with Gasteiger partial charge in [0.1, 0.15) is 11.3 Å². The van der Waals surface area contributed by atoms with Crippen LogP contribution in [0.1, 0.15) is 36.3 Å². The molecule has 1 aliphatic heterocycles. The van der Waals surface area contributed by atoms with Crippen molar-refractivity contribution in [1.82, 2.24) is 9.88 Å². The lowest BCUT2D eigenvalue weighted by atomic mass is 9.96. The van der Waals surface area contributed by atoms with Gasteiger partial charge >= 0.3 is 0 Å². The standard InChI is InChI=1S/C20H21FN2O2/c21-16-5-3-4-15(12-16)18(24)13-23-10-8-14(9-11-23)20-22-17-6-1-2-7-19(17)25-20/h1-7,12,14,18,24H,8-11,13H2/t18-/m1/s1. The van der Waals surface area contributed by atoms with Gasteiger partial charge in [-0.2, -0.15) is 0 Å². The van der Waals surface area contributed by atoms with Gasteiger partial charge in [0, 0.05) is 12.5 Å². The number of aromatic nitrogens is 1. The zero-order valence-electron chi connectivity index (χ0n) is 13.9. The number of rotatable bonds is 4. The zero-order valence-corrected chi connectivity index (χ0v) is 13.9. The highest BCUT2D eigenvalue weighted by Crippen LogP contribution is 2.30. The average molecular weight is 340 g/mol. The quantitative estimate of drug-likeness (QED) is 0.783. The van der Waals surface area contributed by atoms with Crippen molar-refractivity contribution in [3.63, 3.8) is 0 Å². The molecule has 1 aliphatic rings. The summed E-state index contributed by atoms with van der Waals surface area (Å²) < 4.78 is 19.2. The van der Waals surface area contributed by atoms with Gasteiger partial charge in [0.05, 0.1) is 6.10 Å². The van der Waals surface area contributed by atoms with E-state index < -0.39 is 6.10 Å². The van der Waals surface area contributed by atoms with Crippen LogP contribution in [0.2, 0.25) is 0 Å². The lowest BCUT2D eigenvalue weighted by Crippen LogP contribution is -2.36. The van der Waals surface area contributed by atoms with E-state index in [2.05, 4.69) is 9.88 Å². The van der Waals surface area contributed by atoms with Gasteiger partial charge in [-0.3, -0.25) is 0 Å². The van der Waals surface area contributed by atoms with Gasteiger partial charge < -0.3 is 14.4 Å². The molecule has 2 aromatic carbocycles. The van der Waals surface area contributed by atoms with Gasteiger partial charge in [-0.25, -0.2) is 9.37 Å². The number of likely N-dealkylation sites (tertiary alicyclic amines) is 1. The SMILES string of the molecule is O[C@H](CN1CCC(c2nc3ccccc3o2)CC1)c1cccc(F)c1. The molecule has 1 N–H and O–H groups in total. The molecule has 130 valence electrons. The molecule has 25 heavy (non-hydrogen) atoms. The van der Waals surface area contributed by atoms with Gasteiger partial charge in [-0.05, 0) is 55.8 Å². The van der Waals surface area contributed by atoms with E-state index in [0.717, 1.165) is 42.9 Å². The van der Waals surface area contributed by atoms with Crippen molar-refractivity contribution in [2.45, 2.75) is 24.9 Å². The van der Waals surface area contributed by atoms with Crippen LogP contribution in [0.4, 0.5) is 4.39 Å². The fourth-order valence-corrected chi connectivity index (χ4v) is 3.49. The Morgan fingerprint density at radius 1 is 1.16 bits per heavy atom. The van der Waals surface area contributed by atoms with Crippen molar-refractivity contribution in [2.75, 3.05) is 19.6 Å². The third-order valence-corrected chi connectivity index (χ3v) is 4.91. The molecule has 1 saturated heterocycles. The minimum absolute atomic E-state index is 0.314. The Hall–Kier alpha value is -2.24. The highest BCUT2D eigenvalue weighted by Gasteiger charge is 2.26. The van der Waals surface area contributed by atoms with E-state index in [0.29, 0.717) is 18.0 Å². The number of halogens is 1. The predicted molar refractivity (Wildman–Crippen MR) is 93.8 cm³/mol. The summed E-state index contributed by atoms with van der Waals surface area (Å²) in [5, 5.41) is 10.3. The Morgan fingerprint density at radius 2 is 1.96 bits per heavy atom. The fraction of sp³-hybridized carbons (Fsp3) is 0.350. The molecule has 4 rings (SSSR count). The molecule has 0 aliphatic carbocycles.